The Labute approximate surface area is 55.8 Å². The molecule has 0 radical (unpaired) electrons. The van der Waals surface area contributed by atoms with E-state index >= 15 is 0 Å². The maximum atomic E-state index is 8.96. The molecule has 3 atom stereocenters. The van der Waals surface area contributed by atoms with Crippen molar-refractivity contribution in [2.45, 2.75) is 45.0 Å². The van der Waals surface area contributed by atoms with Crippen LogP contribution in [0.3, 0.4) is 0 Å². The van der Waals surface area contributed by atoms with Gasteiger partial charge in [0.05, 0.1) is 12.2 Å². The summed E-state index contributed by atoms with van der Waals surface area (Å²) < 4.78 is 5.17. The van der Waals surface area contributed by atoms with Crippen molar-refractivity contribution in [2.75, 3.05) is 0 Å². The van der Waals surface area contributed by atoms with E-state index in [1.807, 2.05) is 0 Å². The Kier molecular flexibility index (Phi) is 2.09. The highest BCUT2D eigenvalue weighted by atomic mass is 16.6. The third-order valence-electron chi connectivity index (χ3n) is 1.67. The Bertz CT molecular complexity index is 90.9. The van der Waals surface area contributed by atoms with Crippen LogP contribution in [0.1, 0.15) is 26.7 Å². The summed E-state index contributed by atoms with van der Waals surface area (Å²) >= 11 is 0. The molecule has 2 heteroatoms. The lowest BCUT2D eigenvalue weighted by Crippen LogP contribution is -2.11. The van der Waals surface area contributed by atoms with Gasteiger partial charge in [0.2, 0.25) is 0 Å². The minimum absolute atomic E-state index is 0.143. The van der Waals surface area contributed by atoms with Gasteiger partial charge in [0, 0.05) is 0 Å². The minimum atomic E-state index is -0.276. The predicted molar refractivity (Wildman–Crippen MR) is 35.2 cm³/mol. The average molecular weight is 130 g/mol. The topological polar surface area (TPSA) is 32.8 Å². The smallest absolute Gasteiger partial charge is 0.110 e. The van der Waals surface area contributed by atoms with Crippen molar-refractivity contribution in [3.05, 3.63) is 0 Å². The zero-order chi connectivity index (χ0) is 6.85. The van der Waals surface area contributed by atoms with Crippen LogP contribution in [0.15, 0.2) is 0 Å². The van der Waals surface area contributed by atoms with E-state index in [0.29, 0.717) is 6.10 Å². The summed E-state index contributed by atoms with van der Waals surface area (Å²) in [7, 11) is 0. The first-order valence-corrected chi connectivity index (χ1v) is 3.59. The number of hydrogen-bond acceptors (Lipinski definition) is 2. The van der Waals surface area contributed by atoms with Crippen molar-refractivity contribution in [3.63, 3.8) is 0 Å². The van der Waals surface area contributed by atoms with Crippen LogP contribution >= 0.6 is 0 Å². The number of ether oxygens (including phenoxy) is 1. The Morgan fingerprint density at radius 1 is 1.67 bits per heavy atom. The van der Waals surface area contributed by atoms with Crippen LogP contribution in [0.25, 0.3) is 0 Å². The number of hydrogen-bond donors (Lipinski definition) is 1. The molecule has 1 aliphatic heterocycles. The van der Waals surface area contributed by atoms with E-state index in [0.717, 1.165) is 12.8 Å². The summed E-state index contributed by atoms with van der Waals surface area (Å²) in [6, 6.07) is 0. The minimum Gasteiger partial charge on any atom is -0.391 e. The first-order chi connectivity index (χ1) is 4.25. The molecule has 0 aromatic heterocycles. The fourth-order valence-electron chi connectivity index (χ4n) is 1.10. The lowest BCUT2D eigenvalue weighted by atomic mass is 10.1. The van der Waals surface area contributed by atoms with Crippen LogP contribution in [0.5, 0.6) is 0 Å². The van der Waals surface area contributed by atoms with Crippen LogP contribution in [0, 0.1) is 0 Å². The molecule has 0 aromatic carbocycles. The zero-order valence-electron chi connectivity index (χ0n) is 6.00. The lowest BCUT2D eigenvalue weighted by molar-refractivity contribution is 0.152. The SMILES string of the molecule is CCCC1OC1C(C)O. The highest BCUT2D eigenvalue weighted by Crippen LogP contribution is 2.28. The van der Waals surface area contributed by atoms with E-state index in [1.165, 1.54) is 0 Å². The summed E-state index contributed by atoms with van der Waals surface area (Å²) in [6.07, 6.45) is 2.46. The predicted octanol–water partition coefficient (Wildman–Crippen LogP) is 0.935. The molecule has 2 nitrogen and oxygen atoms in total. The van der Waals surface area contributed by atoms with Crippen molar-refractivity contribution in [2.24, 2.45) is 0 Å². The molecule has 1 N–H and O–H groups in total. The van der Waals surface area contributed by atoms with Gasteiger partial charge in [0.1, 0.15) is 6.10 Å². The number of aliphatic hydroxyl groups excluding tert-OH is 1. The summed E-state index contributed by atoms with van der Waals surface area (Å²) in [5.74, 6) is 0. The standard InChI is InChI=1S/C7H14O2/c1-3-4-6-7(9-6)5(2)8/h5-8H,3-4H2,1-2H3. The number of rotatable bonds is 3. The summed E-state index contributed by atoms with van der Waals surface area (Å²) in [5, 5.41) is 8.96. The van der Waals surface area contributed by atoms with Crippen molar-refractivity contribution < 1.29 is 9.84 Å². The number of aliphatic hydroxyl groups is 1. The molecule has 0 saturated carbocycles. The van der Waals surface area contributed by atoms with Crippen LogP contribution < -0.4 is 0 Å². The van der Waals surface area contributed by atoms with Gasteiger partial charge in [-0.3, -0.25) is 0 Å². The third kappa shape index (κ3) is 1.66. The van der Waals surface area contributed by atoms with Gasteiger partial charge in [-0.25, -0.2) is 0 Å². The second-order valence-corrected chi connectivity index (χ2v) is 2.67. The molecule has 1 fully saturated rings. The maximum Gasteiger partial charge on any atom is 0.110 e. The average Bonchev–Trinajstić information content (AvgIpc) is 2.47. The fraction of sp³-hybridized carbons (Fsp3) is 1.00. The second-order valence-electron chi connectivity index (χ2n) is 2.67. The monoisotopic (exact) mass is 130 g/mol. The highest BCUT2D eigenvalue weighted by molar-refractivity contribution is 4.87. The summed E-state index contributed by atoms with van der Waals surface area (Å²) in [4.78, 5) is 0. The van der Waals surface area contributed by atoms with Gasteiger partial charge < -0.3 is 9.84 Å². The van der Waals surface area contributed by atoms with Crippen LogP contribution in [-0.2, 0) is 4.74 Å². The highest BCUT2D eigenvalue weighted by Gasteiger charge is 2.41. The van der Waals surface area contributed by atoms with E-state index in [4.69, 9.17) is 9.84 Å². The molecular formula is C7H14O2. The van der Waals surface area contributed by atoms with Crippen molar-refractivity contribution in [1.29, 1.82) is 0 Å². The molecule has 1 heterocycles. The van der Waals surface area contributed by atoms with Crippen LogP contribution in [0.4, 0.5) is 0 Å². The Hall–Kier alpha value is -0.0800. The van der Waals surface area contributed by atoms with Crippen LogP contribution in [-0.4, -0.2) is 23.4 Å². The van der Waals surface area contributed by atoms with Gasteiger partial charge in [-0.2, -0.15) is 0 Å². The molecule has 1 aliphatic rings. The Balaban J connectivity index is 2.09. The maximum absolute atomic E-state index is 8.96. The number of epoxide rings is 1. The molecule has 54 valence electrons. The molecule has 0 spiro atoms. The van der Waals surface area contributed by atoms with E-state index in [1.54, 1.807) is 6.92 Å². The largest absolute Gasteiger partial charge is 0.391 e. The first-order valence-electron chi connectivity index (χ1n) is 3.59. The molecular weight excluding hydrogens is 116 g/mol. The second kappa shape index (κ2) is 2.67. The zero-order valence-corrected chi connectivity index (χ0v) is 6.00. The van der Waals surface area contributed by atoms with Gasteiger partial charge >= 0.3 is 0 Å². The van der Waals surface area contributed by atoms with Gasteiger partial charge in [0.25, 0.3) is 0 Å². The van der Waals surface area contributed by atoms with Crippen molar-refractivity contribution >= 4 is 0 Å². The van der Waals surface area contributed by atoms with E-state index in [2.05, 4.69) is 6.92 Å². The van der Waals surface area contributed by atoms with E-state index in [-0.39, 0.29) is 12.2 Å². The van der Waals surface area contributed by atoms with Gasteiger partial charge in [0.15, 0.2) is 0 Å². The van der Waals surface area contributed by atoms with E-state index in [9.17, 15) is 0 Å². The van der Waals surface area contributed by atoms with Crippen molar-refractivity contribution in [3.8, 4) is 0 Å². The molecule has 0 aromatic rings. The van der Waals surface area contributed by atoms with E-state index < -0.39 is 0 Å². The van der Waals surface area contributed by atoms with Crippen LogP contribution in [0.2, 0.25) is 0 Å². The first kappa shape index (κ1) is 7.03. The molecule has 0 amide bonds. The normalized spacial score (nSPS) is 36.3. The molecule has 0 bridgehead atoms. The summed E-state index contributed by atoms with van der Waals surface area (Å²) in [5.41, 5.74) is 0. The molecule has 1 saturated heterocycles. The Morgan fingerprint density at radius 2 is 2.33 bits per heavy atom. The molecule has 3 unspecified atom stereocenters. The van der Waals surface area contributed by atoms with Gasteiger partial charge in [-0.05, 0) is 13.3 Å². The summed E-state index contributed by atoms with van der Waals surface area (Å²) in [6.45, 7) is 3.90. The van der Waals surface area contributed by atoms with Gasteiger partial charge in [-0.15, -0.1) is 0 Å². The quantitative estimate of drug-likeness (QED) is 0.576. The molecule has 9 heavy (non-hydrogen) atoms. The Morgan fingerprint density at radius 3 is 2.67 bits per heavy atom. The third-order valence-corrected chi connectivity index (χ3v) is 1.67. The lowest BCUT2D eigenvalue weighted by Gasteiger charge is -1.94. The molecule has 0 aliphatic carbocycles. The van der Waals surface area contributed by atoms with Gasteiger partial charge in [-0.1, -0.05) is 13.3 Å². The van der Waals surface area contributed by atoms with Crippen molar-refractivity contribution in [1.82, 2.24) is 0 Å². The molecule has 1 rings (SSSR count). The fourth-order valence-corrected chi connectivity index (χ4v) is 1.10.